The Hall–Kier alpha value is 0.750. The third kappa shape index (κ3) is 15.2. The first-order valence-electron chi connectivity index (χ1n) is 4.34. The lowest BCUT2D eigenvalue weighted by Crippen LogP contribution is -3.00. The van der Waals surface area contributed by atoms with Crippen LogP contribution in [0.25, 0.3) is 0 Å². The summed E-state index contributed by atoms with van der Waals surface area (Å²) in [4.78, 5) is 0. The highest BCUT2D eigenvalue weighted by Gasteiger charge is 2.12. The maximum Gasteiger partial charge on any atom is 0.0794 e. The molecule has 0 saturated carbocycles. The van der Waals surface area contributed by atoms with Crippen molar-refractivity contribution in [3.63, 3.8) is 0 Å². The van der Waals surface area contributed by atoms with E-state index in [2.05, 4.69) is 14.1 Å². The van der Waals surface area contributed by atoms with Crippen LogP contribution in [-0.4, -0.2) is 44.8 Å². The Kier molecular flexibility index (Phi) is 23.7. The van der Waals surface area contributed by atoms with Gasteiger partial charge >= 0.3 is 0 Å². The summed E-state index contributed by atoms with van der Waals surface area (Å²) < 4.78 is 1.05. The quantitative estimate of drug-likeness (QED) is 0.528. The first kappa shape index (κ1) is 24.1. The fourth-order valence-corrected chi connectivity index (χ4v) is 1.15. The molecule has 0 aromatic heterocycles. The summed E-state index contributed by atoms with van der Waals surface area (Å²) in [7, 11) is 4.46. The molecule has 3 nitrogen and oxygen atoms in total. The largest absolute Gasteiger partial charge is 1.00 e. The molecule has 0 atom stereocenters. The van der Waals surface area contributed by atoms with Crippen LogP contribution in [0.1, 0.15) is 12.8 Å². The van der Waals surface area contributed by atoms with Crippen LogP contribution in [-0.2, 0) is 0 Å². The molecule has 4 N–H and O–H groups in total. The van der Waals surface area contributed by atoms with Gasteiger partial charge in [-0.2, -0.15) is 0 Å². The second-order valence-electron chi connectivity index (χ2n) is 3.67. The number of quaternary nitrogens is 1. The molecule has 0 spiro atoms. The topological polar surface area (TPSA) is 52.0 Å². The van der Waals surface area contributed by atoms with E-state index in [0.717, 1.165) is 43.5 Å². The summed E-state index contributed by atoms with van der Waals surface area (Å²) in [5, 5.41) is 0. The third-order valence-corrected chi connectivity index (χ3v) is 1.94. The first-order valence-corrected chi connectivity index (χ1v) is 4.34. The van der Waals surface area contributed by atoms with Crippen molar-refractivity contribution >= 4 is 24.8 Å². The van der Waals surface area contributed by atoms with Gasteiger partial charge in [-0.05, 0) is 13.1 Å². The lowest BCUT2D eigenvalue weighted by Gasteiger charge is -2.29. The molecule has 92 valence electrons. The van der Waals surface area contributed by atoms with Gasteiger partial charge in [0.05, 0.1) is 27.2 Å². The van der Waals surface area contributed by atoms with Crippen molar-refractivity contribution in [3.05, 3.63) is 0 Å². The zero-order valence-corrected chi connectivity index (χ0v) is 11.4. The van der Waals surface area contributed by atoms with Crippen LogP contribution in [0.5, 0.6) is 0 Å². The minimum atomic E-state index is 0. The molecule has 0 bridgehead atoms. The van der Waals surface area contributed by atoms with E-state index in [1.807, 2.05) is 0 Å². The number of hydrogen-bond acceptors (Lipinski definition) is 2. The number of nitrogens with two attached hydrogens (primary N) is 2. The van der Waals surface area contributed by atoms with Gasteiger partial charge < -0.3 is 28.4 Å². The second-order valence-corrected chi connectivity index (χ2v) is 3.67. The molecule has 0 amide bonds. The molecule has 0 fully saturated rings. The average Bonchev–Trinajstić information content (AvgIpc) is 1.97. The Morgan fingerprint density at radius 3 is 1.36 bits per heavy atom. The van der Waals surface area contributed by atoms with Gasteiger partial charge in [-0.25, -0.2) is 0 Å². The molecule has 0 saturated heterocycles. The van der Waals surface area contributed by atoms with Gasteiger partial charge in [-0.15, -0.1) is 24.8 Å². The Bertz CT molecular complexity index is 91.8. The lowest BCUT2D eigenvalue weighted by molar-refractivity contribution is -0.890. The fourth-order valence-electron chi connectivity index (χ4n) is 1.15. The number of rotatable bonds is 6. The van der Waals surface area contributed by atoms with Crippen LogP contribution < -0.4 is 23.9 Å². The van der Waals surface area contributed by atoms with Gasteiger partial charge in [0.1, 0.15) is 0 Å². The smallest absolute Gasteiger partial charge is 0.0794 e. The molecule has 0 aliphatic carbocycles. The Morgan fingerprint density at radius 1 is 0.857 bits per heavy atom. The first-order chi connectivity index (χ1) is 5.12. The molecule has 0 aromatic rings. The number of hydrogen-bond donors (Lipinski definition) is 2. The lowest BCUT2D eigenvalue weighted by atomic mass is 10.3. The monoisotopic (exact) mass is 267 g/mol. The molecule has 0 unspecified atom stereocenters. The van der Waals surface area contributed by atoms with E-state index in [1.165, 1.54) is 0 Å². The van der Waals surface area contributed by atoms with Gasteiger partial charge in [-0.1, -0.05) is 0 Å². The zero-order chi connectivity index (χ0) is 8.74. The van der Waals surface area contributed by atoms with Crippen molar-refractivity contribution in [1.29, 1.82) is 0 Å². The summed E-state index contributed by atoms with van der Waals surface area (Å²) in [6, 6.07) is 0. The van der Waals surface area contributed by atoms with Crippen molar-refractivity contribution in [3.8, 4) is 0 Å². The maximum atomic E-state index is 5.43. The van der Waals surface area contributed by atoms with Gasteiger partial charge in [0.25, 0.3) is 0 Å². The number of halogens is 3. The molecule has 0 radical (unpaired) electrons. The predicted octanol–water partition coefficient (Wildman–Crippen LogP) is -2.39. The minimum Gasteiger partial charge on any atom is -1.00 e. The Balaban J connectivity index is -0.000000167. The van der Waals surface area contributed by atoms with E-state index < -0.39 is 0 Å². The zero-order valence-electron chi connectivity index (χ0n) is 9.04. The highest BCUT2D eigenvalue weighted by Crippen LogP contribution is 1.99. The van der Waals surface area contributed by atoms with Gasteiger partial charge in [0.15, 0.2) is 0 Å². The van der Waals surface area contributed by atoms with Gasteiger partial charge in [-0.3, -0.25) is 0 Å². The summed E-state index contributed by atoms with van der Waals surface area (Å²) >= 11 is 0. The van der Waals surface area contributed by atoms with Crippen LogP contribution in [0.2, 0.25) is 0 Å². The average molecular weight is 269 g/mol. The third-order valence-electron chi connectivity index (χ3n) is 1.94. The van der Waals surface area contributed by atoms with Crippen LogP contribution >= 0.6 is 24.8 Å². The molecular formula is C8H24Cl3N3. The molecule has 0 aromatic carbocycles. The summed E-state index contributed by atoms with van der Waals surface area (Å²) in [5.74, 6) is 0. The predicted molar refractivity (Wildman–Crippen MR) is 63.7 cm³/mol. The van der Waals surface area contributed by atoms with E-state index in [4.69, 9.17) is 11.5 Å². The highest BCUT2D eigenvalue weighted by molar-refractivity contribution is 5.85. The molecule has 14 heavy (non-hydrogen) atoms. The standard InChI is InChI=1S/C8H22N3.3ClH/c1-11(2,7-3-5-9)8-4-6-10;;;/h3-10H2,1-2H3;3*1H/q+1;;;/p-1. The van der Waals surface area contributed by atoms with Crippen molar-refractivity contribution < 1.29 is 16.9 Å². The summed E-state index contributed by atoms with van der Waals surface area (Å²) in [6.07, 6.45) is 2.22. The SMILES string of the molecule is C[N+](C)(CCCN)CCCN.Cl.Cl.[Cl-]. The fraction of sp³-hybridized carbons (Fsp3) is 1.00. The van der Waals surface area contributed by atoms with Crippen molar-refractivity contribution in [2.75, 3.05) is 40.3 Å². The van der Waals surface area contributed by atoms with E-state index in [-0.39, 0.29) is 37.2 Å². The molecule has 0 aliphatic heterocycles. The van der Waals surface area contributed by atoms with Crippen molar-refractivity contribution in [2.45, 2.75) is 12.8 Å². The van der Waals surface area contributed by atoms with E-state index in [0.29, 0.717) is 0 Å². The molecule has 6 heteroatoms. The summed E-state index contributed by atoms with van der Waals surface area (Å²) in [5.41, 5.74) is 10.9. The molecule has 0 aliphatic rings. The molecule has 0 heterocycles. The minimum absolute atomic E-state index is 0. The second kappa shape index (κ2) is 13.8. The summed E-state index contributed by atoms with van der Waals surface area (Å²) in [6.45, 7) is 3.92. The van der Waals surface area contributed by atoms with E-state index >= 15 is 0 Å². The molecular weight excluding hydrogens is 244 g/mol. The van der Waals surface area contributed by atoms with Gasteiger partial charge in [0, 0.05) is 12.8 Å². The Labute approximate surface area is 106 Å². The number of nitrogens with zero attached hydrogens (tertiary/aromatic N) is 1. The van der Waals surface area contributed by atoms with Gasteiger partial charge in [0.2, 0.25) is 0 Å². The van der Waals surface area contributed by atoms with Crippen LogP contribution in [0.15, 0.2) is 0 Å². The van der Waals surface area contributed by atoms with Crippen molar-refractivity contribution in [1.82, 2.24) is 0 Å². The molecule has 0 rings (SSSR count). The van der Waals surface area contributed by atoms with Crippen LogP contribution in [0.3, 0.4) is 0 Å². The van der Waals surface area contributed by atoms with E-state index in [9.17, 15) is 0 Å². The van der Waals surface area contributed by atoms with Crippen LogP contribution in [0, 0.1) is 0 Å². The van der Waals surface area contributed by atoms with E-state index in [1.54, 1.807) is 0 Å². The maximum absolute atomic E-state index is 5.43. The van der Waals surface area contributed by atoms with Crippen molar-refractivity contribution in [2.24, 2.45) is 11.5 Å². The Morgan fingerprint density at radius 2 is 1.14 bits per heavy atom. The highest BCUT2D eigenvalue weighted by atomic mass is 35.5. The normalized spacial score (nSPS) is 9.43. The van der Waals surface area contributed by atoms with Crippen LogP contribution in [0.4, 0.5) is 0 Å².